The van der Waals surface area contributed by atoms with Gasteiger partial charge < -0.3 is 14.5 Å². The number of urea groups is 1. The Morgan fingerprint density at radius 2 is 1.60 bits per heavy atom. The summed E-state index contributed by atoms with van der Waals surface area (Å²) in [6, 6.07) is 18.3. The van der Waals surface area contributed by atoms with Gasteiger partial charge in [0.05, 0.1) is 18.4 Å². The molecule has 0 N–H and O–H groups in total. The number of sulfone groups is 1. The van der Waals surface area contributed by atoms with Crippen LogP contribution in [0.5, 0.6) is 5.75 Å². The SMILES string of the molecule is COc1ccc(CN2CC3(CCC(c4ccccc4)(N(C)C)CC3)N(CCS(C)(=O)=O)C2=O)cc1. The molecule has 2 aromatic rings. The lowest BCUT2D eigenvalue weighted by atomic mass is 9.68. The molecule has 1 aliphatic carbocycles. The van der Waals surface area contributed by atoms with Crippen molar-refractivity contribution < 1.29 is 17.9 Å². The fourth-order valence-corrected chi connectivity index (χ4v) is 6.36. The Bertz CT molecular complexity index is 1120. The minimum absolute atomic E-state index is 0.0195. The summed E-state index contributed by atoms with van der Waals surface area (Å²) in [5.41, 5.74) is 1.87. The highest BCUT2D eigenvalue weighted by Crippen LogP contribution is 2.49. The van der Waals surface area contributed by atoms with E-state index in [-0.39, 0.29) is 29.4 Å². The van der Waals surface area contributed by atoms with Gasteiger partial charge in [-0.15, -0.1) is 0 Å². The number of rotatable bonds is 8. The van der Waals surface area contributed by atoms with Gasteiger partial charge in [-0.2, -0.15) is 0 Å². The van der Waals surface area contributed by atoms with Crippen LogP contribution in [0.2, 0.25) is 0 Å². The molecule has 0 bridgehead atoms. The number of benzene rings is 2. The van der Waals surface area contributed by atoms with Gasteiger partial charge in [0.2, 0.25) is 0 Å². The smallest absolute Gasteiger partial charge is 0.320 e. The zero-order chi connectivity index (χ0) is 25.3. The summed E-state index contributed by atoms with van der Waals surface area (Å²) in [6.45, 7) is 1.34. The number of methoxy groups -OCH3 is 1. The van der Waals surface area contributed by atoms with Crippen molar-refractivity contribution in [1.29, 1.82) is 0 Å². The third-order valence-electron chi connectivity index (χ3n) is 7.95. The fraction of sp³-hybridized carbons (Fsp3) is 0.519. The molecule has 0 unspecified atom stereocenters. The van der Waals surface area contributed by atoms with Crippen LogP contribution in [0.4, 0.5) is 4.79 Å². The highest BCUT2D eigenvalue weighted by molar-refractivity contribution is 7.90. The van der Waals surface area contributed by atoms with Gasteiger partial charge in [-0.1, -0.05) is 42.5 Å². The van der Waals surface area contributed by atoms with Gasteiger partial charge in [-0.25, -0.2) is 13.2 Å². The Balaban J connectivity index is 1.59. The topological polar surface area (TPSA) is 70.2 Å². The van der Waals surface area contributed by atoms with Crippen molar-refractivity contribution in [3.05, 3.63) is 65.7 Å². The first kappa shape index (κ1) is 25.5. The molecule has 0 aromatic heterocycles. The van der Waals surface area contributed by atoms with Crippen LogP contribution in [0.15, 0.2) is 54.6 Å². The number of carbonyl (C=O) groups is 1. The van der Waals surface area contributed by atoms with Crippen LogP contribution < -0.4 is 4.74 Å². The number of carbonyl (C=O) groups excluding carboxylic acids is 1. The second-order valence-corrected chi connectivity index (χ2v) is 12.5. The molecule has 2 aliphatic rings. The molecule has 7 nitrogen and oxygen atoms in total. The third-order valence-corrected chi connectivity index (χ3v) is 8.88. The molecule has 1 saturated carbocycles. The zero-order valence-corrected chi connectivity index (χ0v) is 22.1. The van der Waals surface area contributed by atoms with Gasteiger partial charge in [0, 0.05) is 31.4 Å². The van der Waals surface area contributed by atoms with E-state index in [0.29, 0.717) is 13.1 Å². The monoisotopic (exact) mass is 499 g/mol. The van der Waals surface area contributed by atoms with Crippen LogP contribution in [0.25, 0.3) is 0 Å². The largest absolute Gasteiger partial charge is 0.497 e. The maximum atomic E-state index is 13.6. The second-order valence-electron chi connectivity index (χ2n) is 10.3. The third kappa shape index (κ3) is 5.19. The molecule has 190 valence electrons. The summed E-state index contributed by atoms with van der Waals surface area (Å²) in [6.07, 6.45) is 4.71. The Labute approximate surface area is 209 Å². The van der Waals surface area contributed by atoms with Gasteiger partial charge >= 0.3 is 6.03 Å². The quantitative estimate of drug-likeness (QED) is 0.553. The van der Waals surface area contributed by atoms with Gasteiger partial charge in [0.1, 0.15) is 15.6 Å². The van der Waals surface area contributed by atoms with E-state index >= 15 is 0 Å². The summed E-state index contributed by atoms with van der Waals surface area (Å²) in [7, 11) is 2.70. The minimum Gasteiger partial charge on any atom is -0.497 e. The molecule has 1 heterocycles. The molecule has 1 spiro atoms. The number of amides is 2. The van der Waals surface area contributed by atoms with Crippen molar-refractivity contribution >= 4 is 15.9 Å². The molecular formula is C27H37N3O4S. The van der Waals surface area contributed by atoms with Gasteiger partial charge in [-0.05, 0) is 63.0 Å². The van der Waals surface area contributed by atoms with Crippen LogP contribution >= 0.6 is 0 Å². The van der Waals surface area contributed by atoms with E-state index in [9.17, 15) is 13.2 Å². The molecule has 0 atom stereocenters. The first-order chi connectivity index (χ1) is 16.6. The van der Waals surface area contributed by atoms with Crippen LogP contribution in [0.3, 0.4) is 0 Å². The normalized spacial score (nSPS) is 25.0. The summed E-state index contributed by atoms with van der Waals surface area (Å²) in [4.78, 5) is 19.7. The minimum atomic E-state index is -3.19. The molecule has 2 amide bonds. The molecule has 4 rings (SSSR count). The maximum absolute atomic E-state index is 13.6. The molecule has 1 aliphatic heterocycles. The molecular weight excluding hydrogens is 462 g/mol. The van der Waals surface area contributed by atoms with Gasteiger partial charge in [0.15, 0.2) is 0 Å². The fourth-order valence-electron chi connectivity index (χ4n) is 5.85. The first-order valence-electron chi connectivity index (χ1n) is 12.2. The highest BCUT2D eigenvalue weighted by atomic mass is 32.2. The van der Waals surface area contributed by atoms with Crippen LogP contribution in [-0.2, 0) is 21.9 Å². The molecule has 2 fully saturated rings. The predicted molar refractivity (Wildman–Crippen MR) is 138 cm³/mol. The van der Waals surface area contributed by atoms with Crippen molar-refractivity contribution in [2.75, 3.05) is 46.3 Å². The first-order valence-corrected chi connectivity index (χ1v) is 14.2. The molecule has 0 radical (unpaired) electrons. The Kier molecular flexibility index (Phi) is 7.16. The summed E-state index contributed by atoms with van der Waals surface area (Å²) < 4.78 is 29.3. The van der Waals surface area contributed by atoms with Crippen LogP contribution in [-0.4, -0.2) is 81.0 Å². The van der Waals surface area contributed by atoms with Crippen LogP contribution in [0, 0.1) is 0 Å². The number of ether oxygens (including phenoxy) is 1. The lowest BCUT2D eigenvalue weighted by molar-refractivity contribution is 0.0263. The van der Waals surface area contributed by atoms with Crippen LogP contribution in [0.1, 0.15) is 36.8 Å². The zero-order valence-electron chi connectivity index (χ0n) is 21.2. The summed E-state index contributed by atoms with van der Waals surface area (Å²) >= 11 is 0. The molecule has 2 aromatic carbocycles. The average Bonchev–Trinajstić information content (AvgIpc) is 3.08. The Morgan fingerprint density at radius 1 is 0.971 bits per heavy atom. The van der Waals surface area contributed by atoms with Gasteiger partial charge in [-0.3, -0.25) is 4.90 Å². The van der Waals surface area contributed by atoms with E-state index in [2.05, 4.69) is 43.3 Å². The van der Waals surface area contributed by atoms with E-state index in [4.69, 9.17) is 4.74 Å². The molecule has 8 heteroatoms. The van der Waals surface area contributed by atoms with E-state index in [0.717, 1.165) is 37.0 Å². The molecule has 1 saturated heterocycles. The lowest BCUT2D eigenvalue weighted by Crippen LogP contribution is -2.56. The molecule has 35 heavy (non-hydrogen) atoms. The van der Waals surface area contributed by atoms with E-state index < -0.39 is 9.84 Å². The van der Waals surface area contributed by atoms with Crippen molar-refractivity contribution in [2.24, 2.45) is 0 Å². The highest BCUT2D eigenvalue weighted by Gasteiger charge is 2.54. The van der Waals surface area contributed by atoms with Gasteiger partial charge in [0.25, 0.3) is 0 Å². The maximum Gasteiger partial charge on any atom is 0.320 e. The lowest BCUT2D eigenvalue weighted by Gasteiger charge is -2.51. The Hall–Kier alpha value is -2.58. The Morgan fingerprint density at radius 3 is 2.14 bits per heavy atom. The number of nitrogens with zero attached hydrogens (tertiary/aromatic N) is 3. The average molecular weight is 500 g/mol. The van der Waals surface area contributed by atoms with Crippen molar-refractivity contribution in [3.63, 3.8) is 0 Å². The van der Waals surface area contributed by atoms with Crippen molar-refractivity contribution in [1.82, 2.24) is 14.7 Å². The summed E-state index contributed by atoms with van der Waals surface area (Å²) in [5, 5.41) is 0. The number of hydrogen-bond acceptors (Lipinski definition) is 5. The van der Waals surface area contributed by atoms with E-state index in [1.54, 1.807) is 7.11 Å². The van der Waals surface area contributed by atoms with Crippen molar-refractivity contribution in [3.8, 4) is 5.75 Å². The number of hydrogen-bond donors (Lipinski definition) is 0. The standard InChI is InChI=1S/C27H37N3O4S/c1-28(2)27(23-8-6-5-7-9-23)16-14-26(15-17-27)21-29(20-22-10-12-24(34-3)13-11-22)25(31)30(26)18-19-35(4,32)33/h5-13H,14-21H2,1-4H3. The summed E-state index contributed by atoms with van der Waals surface area (Å²) in [5.74, 6) is 0.759. The second kappa shape index (κ2) is 9.82. The predicted octanol–water partition coefficient (Wildman–Crippen LogP) is 3.75. The van der Waals surface area contributed by atoms with Crippen molar-refractivity contribution in [2.45, 2.75) is 43.3 Å². The van der Waals surface area contributed by atoms with E-state index in [1.807, 2.05) is 40.1 Å². The van der Waals surface area contributed by atoms with E-state index in [1.165, 1.54) is 11.8 Å².